The van der Waals surface area contributed by atoms with Gasteiger partial charge < -0.3 is 15.4 Å². The molecular formula is C27H31N3O2. The second-order valence-corrected chi connectivity index (χ2v) is 8.78. The molecule has 0 aliphatic heterocycles. The zero-order valence-electron chi connectivity index (χ0n) is 18.8. The highest BCUT2D eigenvalue weighted by atomic mass is 16.5. The molecule has 1 fully saturated rings. The molecule has 32 heavy (non-hydrogen) atoms. The summed E-state index contributed by atoms with van der Waals surface area (Å²) >= 11 is 0. The van der Waals surface area contributed by atoms with E-state index >= 15 is 0 Å². The molecule has 1 saturated carbocycles. The minimum atomic E-state index is -0.0324. The third-order valence-electron chi connectivity index (χ3n) is 5.56. The fraction of sp³-hybridized carbons (Fsp3) is 0.333. The highest BCUT2D eigenvalue weighted by Crippen LogP contribution is 2.45. The highest BCUT2D eigenvalue weighted by Gasteiger charge is 2.26. The zero-order valence-corrected chi connectivity index (χ0v) is 18.8. The number of amides is 1. The van der Waals surface area contributed by atoms with Crippen molar-refractivity contribution in [3.63, 3.8) is 0 Å². The SMILES string of the molecule is CC(C)CCNC(=O)c1cccc(Nc2ccc(OCc3ccccn3)cc2C2CC2)c1. The summed E-state index contributed by atoms with van der Waals surface area (Å²) in [6, 6.07) is 19.7. The van der Waals surface area contributed by atoms with Crippen LogP contribution in [0.1, 0.15) is 60.6 Å². The lowest BCUT2D eigenvalue weighted by Gasteiger charge is -2.15. The summed E-state index contributed by atoms with van der Waals surface area (Å²) in [5, 5.41) is 6.52. The monoisotopic (exact) mass is 429 g/mol. The van der Waals surface area contributed by atoms with Crippen molar-refractivity contribution in [2.45, 2.75) is 45.6 Å². The van der Waals surface area contributed by atoms with E-state index in [2.05, 4.69) is 41.6 Å². The molecule has 1 amide bonds. The summed E-state index contributed by atoms with van der Waals surface area (Å²) < 4.78 is 5.98. The number of anilines is 2. The first-order chi connectivity index (χ1) is 15.6. The van der Waals surface area contributed by atoms with E-state index in [1.54, 1.807) is 6.20 Å². The van der Waals surface area contributed by atoms with Crippen LogP contribution < -0.4 is 15.4 Å². The van der Waals surface area contributed by atoms with Crippen LogP contribution in [0.4, 0.5) is 11.4 Å². The number of rotatable bonds is 10. The minimum absolute atomic E-state index is 0.0324. The van der Waals surface area contributed by atoms with Crippen LogP contribution in [-0.4, -0.2) is 17.4 Å². The molecule has 0 spiro atoms. The van der Waals surface area contributed by atoms with Gasteiger partial charge >= 0.3 is 0 Å². The first-order valence-corrected chi connectivity index (χ1v) is 11.4. The van der Waals surface area contributed by atoms with Crippen molar-refractivity contribution in [2.24, 2.45) is 5.92 Å². The molecule has 0 saturated heterocycles. The predicted molar refractivity (Wildman–Crippen MR) is 128 cm³/mol. The van der Waals surface area contributed by atoms with Gasteiger partial charge in [-0.3, -0.25) is 9.78 Å². The standard InChI is InChI=1S/C27H31N3O2/c1-19(2)13-15-29-27(31)21-6-5-8-22(16-21)30-26-12-11-24(17-25(26)20-9-10-20)32-18-23-7-3-4-14-28-23/h3-8,11-12,14,16-17,19-20,30H,9-10,13,15,18H2,1-2H3,(H,29,31). The number of nitrogens with zero attached hydrogens (tertiary/aromatic N) is 1. The number of benzene rings is 2. The van der Waals surface area contributed by atoms with Gasteiger partial charge in [0.15, 0.2) is 0 Å². The van der Waals surface area contributed by atoms with Crippen LogP contribution in [0.25, 0.3) is 0 Å². The summed E-state index contributed by atoms with van der Waals surface area (Å²) in [5.41, 5.74) is 4.81. The van der Waals surface area contributed by atoms with Crippen LogP contribution in [0, 0.1) is 5.92 Å². The van der Waals surface area contributed by atoms with E-state index in [9.17, 15) is 4.79 Å². The summed E-state index contributed by atoms with van der Waals surface area (Å²) in [6.45, 7) is 5.46. The Kier molecular flexibility index (Phi) is 7.05. The quantitative estimate of drug-likeness (QED) is 0.411. The van der Waals surface area contributed by atoms with Gasteiger partial charge in [-0.25, -0.2) is 0 Å². The molecular weight excluding hydrogens is 398 g/mol. The molecule has 5 heteroatoms. The molecule has 2 N–H and O–H groups in total. The number of carbonyl (C=O) groups excluding carboxylic acids is 1. The van der Waals surface area contributed by atoms with Gasteiger partial charge in [-0.1, -0.05) is 26.0 Å². The second kappa shape index (κ2) is 10.3. The maximum Gasteiger partial charge on any atom is 0.251 e. The van der Waals surface area contributed by atoms with Gasteiger partial charge in [0, 0.05) is 29.7 Å². The van der Waals surface area contributed by atoms with Gasteiger partial charge in [0.2, 0.25) is 0 Å². The Morgan fingerprint density at radius 2 is 1.97 bits per heavy atom. The largest absolute Gasteiger partial charge is 0.487 e. The van der Waals surface area contributed by atoms with Gasteiger partial charge in [-0.05, 0) is 85.2 Å². The molecule has 3 aromatic rings. The van der Waals surface area contributed by atoms with Crippen molar-refractivity contribution in [1.29, 1.82) is 0 Å². The molecule has 1 heterocycles. The maximum atomic E-state index is 12.5. The number of hydrogen-bond donors (Lipinski definition) is 2. The zero-order chi connectivity index (χ0) is 22.3. The lowest BCUT2D eigenvalue weighted by atomic mass is 10.1. The van der Waals surface area contributed by atoms with Crippen molar-refractivity contribution in [3.8, 4) is 5.75 Å². The summed E-state index contributed by atoms with van der Waals surface area (Å²) in [5.74, 6) is 1.94. The molecule has 1 aliphatic carbocycles. The van der Waals surface area contributed by atoms with Gasteiger partial charge in [0.25, 0.3) is 5.91 Å². The topological polar surface area (TPSA) is 63.2 Å². The van der Waals surface area contributed by atoms with E-state index in [1.165, 1.54) is 18.4 Å². The fourth-order valence-corrected chi connectivity index (χ4v) is 3.59. The molecule has 1 aliphatic rings. The Balaban J connectivity index is 1.44. The molecule has 0 unspecified atom stereocenters. The number of pyridine rings is 1. The van der Waals surface area contributed by atoms with Crippen molar-refractivity contribution in [3.05, 3.63) is 83.7 Å². The Hall–Kier alpha value is -3.34. The summed E-state index contributed by atoms with van der Waals surface area (Å²) in [4.78, 5) is 16.8. The van der Waals surface area contributed by atoms with Gasteiger partial charge in [0.05, 0.1) is 5.69 Å². The number of ether oxygens (including phenoxy) is 1. The predicted octanol–water partition coefficient (Wildman–Crippen LogP) is 6.06. The maximum absolute atomic E-state index is 12.5. The molecule has 0 radical (unpaired) electrons. The normalized spacial score (nSPS) is 13.1. The van der Waals surface area contributed by atoms with Crippen LogP contribution >= 0.6 is 0 Å². The van der Waals surface area contributed by atoms with Gasteiger partial charge in [0.1, 0.15) is 12.4 Å². The minimum Gasteiger partial charge on any atom is -0.487 e. The Morgan fingerprint density at radius 3 is 2.72 bits per heavy atom. The Labute approximate surface area is 190 Å². The van der Waals surface area contributed by atoms with Crippen molar-refractivity contribution in [2.75, 3.05) is 11.9 Å². The molecule has 0 atom stereocenters. The molecule has 4 rings (SSSR count). The second-order valence-electron chi connectivity index (χ2n) is 8.78. The number of nitrogens with one attached hydrogen (secondary N) is 2. The van der Waals surface area contributed by atoms with Crippen molar-refractivity contribution >= 4 is 17.3 Å². The summed E-state index contributed by atoms with van der Waals surface area (Å²) in [6.07, 6.45) is 5.14. The Morgan fingerprint density at radius 1 is 1.09 bits per heavy atom. The molecule has 166 valence electrons. The molecule has 0 bridgehead atoms. The van der Waals surface area contributed by atoms with Crippen molar-refractivity contribution in [1.82, 2.24) is 10.3 Å². The van der Waals surface area contributed by atoms with E-state index in [4.69, 9.17) is 4.74 Å². The first-order valence-electron chi connectivity index (χ1n) is 11.4. The lowest BCUT2D eigenvalue weighted by Crippen LogP contribution is -2.25. The van der Waals surface area contributed by atoms with E-state index in [0.717, 1.165) is 29.2 Å². The van der Waals surface area contributed by atoms with Crippen LogP contribution in [0.2, 0.25) is 0 Å². The molecule has 1 aromatic heterocycles. The number of carbonyl (C=O) groups is 1. The third-order valence-corrected chi connectivity index (χ3v) is 5.56. The fourth-order valence-electron chi connectivity index (χ4n) is 3.59. The van der Waals surface area contributed by atoms with Crippen LogP contribution in [0.5, 0.6) is 5.75 Å². The highest BCUT2D eigenvalue weighted by molar-refractivity contribution is 5.95. The average molecular weight is 430 g/mol. The smallest absolute Gasteiger partial charge is 0.251 e. The van der Waals surface area contributed by atoms with Crippen LogP contribution in [-0.2, 0) is 6.61 Å². The first kappa shape index (κ1) is 21.9. The average Bonchev–Trinajstić information content (AvgIpc) is 3.64. The van der Waals surface area contributed by atoms with Gasteiger partial charge in [-0.15, -0.1) is 0 Å². The van der Waals surface area contributed by atoms with Gasteiger partial charge in [-0.2, -0.15) is 0 Å². The third kappa shape index (κ3) is 6.10. The number of hydrogen-bond acceptors (Lipinski definition) is 4. The van der Waals surface area contributed by atoms with Crippen LogP contribution in [0.3, 0.4) is 0 Å². The lowest BCUT2D eigenvalue weighted by molar-refractivity contribution is 0.0952. The summed E-state index contributed by atoms with van der Waals surface area (Å²) in [7, 11) is 0. The van der Waals surface area contributed by atoms with Crippen molar-refractivity contribution < 1.29 is 9.53 Å². The molecule has 5 nitrogen and oxygen atoms in total. The number of aromatic nitrogens is 1. The Bertz CT molecular complexity index is 1050. The van der Waals surface area contributed by atoms with E-state index < -0.39 is 0 Å². The van der Waals surface area contributed by atoms with E-state index in [0.29, 0.717) is 30.6 Å². The molecule has 2 aromatic carbocycles. The van der Waals surface area contributed by atoms with E-state index in [-0.39, 0.29) is 5.91 Å². The van der Waals surface area contributed by atoms with Crippen LogP contribution in [0.15, 0.2) is 66.9 Å². The van der Waals surface area contributed by atoms with E-state index in [1.807, 2.05) is 48.5 Å².